The maximum Gasteiger partial charge on any atom is 0.270 e. The fourth-order valence-corrected chi connectivity index (χ4v) is 2.23. The Kier molecular flexibility index (Phi) is 3.05. The van der Waals surface area contributed by atoms with Crippen molar-refractivity contribution in [2.75, 3.05) is 4.90 Å². The van der Waals surface area contributed by atoms with Gasteiger partial charge in [0.1, 0.15) is 0 Å². The molecule has 0 saturated carbocycles. The molecule has 1 atom stereocenters. The van der Waals surface area contributed by atoms with Gasteiger partial charge < -0.3 is 5.11 Å². The van der Waals surface area contributed by atoms with E-state index >= 15 is 0 Å². The summed E-state index contributed by atoms with van der Waals surface area (Å²) in [5.74, 6) is -0.960. The number of fused-ring (bicyclic) bond motifs is 1. The van der Waals surface area contributed by atoms with E-state index in [1.165, 1.54) is 6.92 Å². The number of carbonyl (C=O) groups excluding carboxylic acids is 2. The van der Waals surface area contributed by atoms with Gasteiger partial charge in [0, 0.05) is 18.9 Å². The van der Waals surface area contributed by atoms with E-state index in [0.717, 1.165) is 4.90 Å². The zero-order valence-corrected chi connectivity index (χ0v) is 10.4. The Morgan fingerprint density at radius 2 is 2.11 bits per heavy atom. The molecule has 2 rings (SSSR count). The van der Waals surface area contributed by atoms with Crippen LogP contribution in [0.5, 0.6) is 0 Å². The van der Waals surface area contributed by atoms with Gasteiger partial charge in [0.05, 0.1) is 5.69 Å². The Morgan fingerprint density at radius 3 is 2.72 bits per heavy atom. The third kappa shape index (κ3) is 1.66. The minimum atomic E-state index is -1.63. The lowest BCUT2D eigenvalue weighted by Crippen LogP contribution is -2.42. The molecule has 0 fully saturated rings. The number of amides is 2. The van der Waals surface area contributed by atoms with Crippen LogP contribution in [-0.2, 0) is 15.2 Å². The topological polar surface area (TPSA) is 57.6 Å². The monoisotopic (exact) mass is 245 g/mol. The Bertz CT molecular complexity index is 536. The molecule has 1 heterocycles. The molecule has 1 aromatic rings. The lowest BCUT2D eigenvalue weighted by molar-refractivity contribution is -0.138. The van der Waals surface area contributed by atoms with E-state index in [0.29, 0.717) is 11.3 Å². The summed E-state index contributed by atoms with van der Waals surface area (Å²) in [6.45, 7) is 3.13. The van der Waals surface area contributed by atoms with Crippen LogP contribution in [0, 0.1) is 0 Å². The van der Waals surface area contributed by atoms with Crippen molar-refractivity contribution in [2.24, 2.45) is 0 Å². The standard InChI is InChI=1S/C14H15NO3/c1-3-4-9-14(18)11-7-5-6-8-12(11)15(10(2)16)13(14)17/h3-8,18H,9H2,1-2H3/b4-3+. The van der Waals surface area contributed by atoms with E-state index in [2.05, 4.69) is 0 Å². The molecule has 1 aromatic carbocycles. The maximum absolute atomic E-state index is 12.3. The SMILES string of the molecule is C/C=C/CC1(O)C(=O)N(C(C)=O)c2ccccc21. The van der Waals surface area contributed by atoms with Crippen LogP contribution in [0.2, 0.25) is 0 Å². The molecule has 0 aliphatic carbocycles. The summed E-state index contributed by atoms with van der Waals surface area (Å²) in [6.07, 6.45) is 3.66. The van der Waals surface area contributed by atoms with Gasteiger partial charge in [0.2, 0.25) is 5.91 Å². The number of imide groups is 1. The Balaban J connectivity index is 2.58. The van der Waals surface area contributed by atoms with Gasteiger partial charge in [-0.15, -0.1) is 0 Å². The summed E-state index contributed by atoms with van der Waals surface area (Å²) in [7, 11) is 0. The highest BCUT2D eigenvalue weighted by Crippen LogP contribution is 2.42. The summed E-state index contributed by atoms with van der Waals surface area (Å²) >= 11 is 0. The molecule has 2 amide bonds. The van der Waals surface area contributed by atoms with Crippen molar-refractivity contribution < 1.29 is 14.7 Å². The van der Waals surface area contributed by atoms with Crippen molar-refractivity contribution >= 4 is 17.5 Å². The van der Waals surface area contributed by atoms with E-state index in [4.69, 9.17) is 0 Å². The average molecular weight is 245 g/mol. The Morgan fingerprint density at radius 1 is 1.44 bits per heavy atom. The summed E-state index contributed by atoms with van der Waals surface area (Å²) in [5, 5.41) is 10.6. The second-order valence-electron chi connectivity index (χ2n) is 4.31. The fourth-order valence-electron chi connectivity index (χ4n) is 2.23. The molecule has 0 spiro atoms. The third-order valence-corrected chi connectivity index (χ3v) is 3.11. The summed E-state index contributed by atoms with van der Waals surface area (Å²) in [6, 6.07) is 6.84. The van der Waals surface area contributed by atoms with Crippen molar-refractivity contribution in [3.05, 3.63) is 42.0 Å². The zero-order chi connectivity index (χ0) is 13.3. The predicted octanol–water partition coefficient (Wildman–Crippen LogP) is 1.73. The highest BCUT2D eigenvalue weighted by atomic mass is 16.3. The molecule has 1 unspecified atom stereocenters. The molecular weight excluding hydrogens is 230 g/mol. The molecule has 18 heavy (non-hydrogen) atoms. The van der Waals surface area contributed by atoms with Crippen molar-refractivity contribution in [1.29, 1.82) is 0 Å². The fraction of sp³-hybridized carbons (Fsp3) is 0.286. The normalized spacial score (nSPS) is 22.6. The second kappa shape index (κ2) is 4.38. The van der Waals surface area contributed by atoms with Gasteiger partial charge >= 0.3 is 0 Å². The number of rotatable bonds is 2. The van der Waals surface area contributed by atoms with Crippen molar-refractivity contribution in [1.82, 2.24) is 0 Å². The van der Waals surface area contributed by atoms with Crippen molar-refractivity contribution in [2.45, 2.75) is 25.9 Å². The van der Waals surface area contributed by atoms with E-state index < -0.39 is 11.5 Å². The molecular formula is C14H15NO3. The van der Waals surface area contributed by atoms with Crippen molar-refractivity contribution in [3.63, 3.8) is 0 Å². The molecule has 0 aromatic heterocycles. The van der Waals surface area contributed by atoms with E-state index in [1.807, 2.05) is 6.92 Å². The van der Waals surface area contributed by atoms with Gasteiger partial charge in [-0.3, -0.25) is 9.59 Å². The van der Waals surface area contributed by atoms with E-state index in [-0.39, 0.29) is 12.3 Å². The molecule has 94 valence electrons. The lowest BCUT2D eigenvalue weighted by Gasteiger charge is -2.20. The number of nitrogens with zero attached hydrogens (tertiary/aromatic N) is 1. The van der Waals surface area contributed by atoms with E-state index in [1.54, 1.807) is 36.4 Å². The van der Waals surface area contributed by atoms with Crippen LogP contribution in [0.1, 0.15) is 25.8 Å². The maximum atomic E-state index is 12.3. The number of hydrogen-bond acceptors (Lipinski definition) is 3. The smallest absolute Gasteiger partial charge is 0.270 e. The molecule has 1 aliphatic rings. The number of para-hydroxylation sites is 1. The first-order valence-corrected chi connectivity index (χ1v) is 5.80. The Labute approximate surface area is 106 Å². The first kappa shape index (κ1) is 12.5. The van der Waals surface area contributed by atoms with Crippen LogP contribution in [0.3, 0.4) is 0 Å². The number of carbonyl (C=O) groups is 2. The number of hydrogen-bond donors (Lipinski definition) is 1. The highest BCUT2D eigenvalue weighted by Gasteiger charge is 2.50. The van der Waals surface area contributed by atoms with E-state index in [9.17, 15) is 14.7 Å². The number of benzene rings is 1. The van der Waals surface area contributed by atoms with Crippen molar-refractivity contribution in [3.8, 4) is 0 Å². The molecule has 4 heteroatoms. The van der Waals surface area contributed by atoms with Gasteiger partial charge in [-0.25, -0.2) is 4.90 Å². The molecule has 1 N–H and O–H groups in total. The summed E-state index contributed by atoms with van der Waals surface area (Å²) in [4.78, 5) is 24.8. The summed E-state index contributed by atoms with van der Waals surface area (Å²) in [5.41, 5.74) is -0.667. The zero-order valence-electron chi connectivity index (χ0n) is 10.4. The molecule has 4 nitrogen and oxygen atoms in total. The van der Waals surface area contributed by atoms with Crippen LogP contribution in [0.15, 0.2) is 36.4 Å². The van der Waals surface area contributed by atoms with Gasteiger partial charge in [-0.05, 0) is 13.0 Å². The molecule has 0 radical (unpaired) electrons. The van der Waals surface area contributed by atoms with Gasteiger partial charge in [-0.1, -0.05) is 30.4 Å². The minimum absolute atomic E-state index is 0.170. The number of anilines is 1. The Hall–Kier alpha value is -1.94. The quantitative estimate of drug-likeness (QED) is 0.807. The minimum Gasteiger partial charge on any atom is -0.375 e. The molecule has 0 bridgehead atoms. The highest BCUT2D eigenvalue weighted by molar-refractivity contribution is 6.21. The summed E-state index contributed by atoms with van der Waals surface area (Å²) < 4.78 is 0. The predicted molar refractivity (Wildman–Crippen MR) is 67.9 cm³/mol. The van der Waals surface area contributed by atoms with Crippen LogP contribution >= 0.6 is 0 Å². The van der Waals surface area contributed by atoms with Crippen LogP contribution in [0.25, 0.3) is 0 Å². The first-order chi connectivity index (χ1) is 8.52. The van der Waals surface area contributed by atoms with Crippen LogP contribution < -0.4 is 4.90 Å². The largest absolute Gasteiger partial charge is 0.375 e. The molecule has 1 aliphatic heterocycles. The number of aliphatic hydroxyl groups is 1. The van der Waals surface area contributed by atoms with Gasteiger partial charge in [0.25, 0.3) is 5.91 Å². The van der Waals surface area contributed by atoms with Gasteiger partial charge in [-0.2, -0.15) is 0 Å². The van der Waals surface area contributed by atoms with Crippen LogP contribution in [-0.4, -0.2) is 16.9 Å². The first-order valence-electron chi connectivity index (χ1n) is 5.80. The third-order valence-electron chi connectivity index (χ3n) is 3.11. The lowest BCUT2D eigenvalue weighted by atomic mass is 9.92. The van der Waals surface area contributed by atoms with Crippen LogP contribution in [0.4, 0.5) is 5.69 Å². The number of allylic oxidation sites excluding steroid dienone is 1. The van der Waals surface area contributed by atoms with Gasteiger partial charge in [0.15, 0.2) is 5.60 Å². The molecule has 0 saturated heterocycles. The average Bonchev–Trinajstić information content (AvgIpc) is 2.57. The second-order valence-corrected chi connectivity index (χ2v) is 4.31.